The second-order valence-corrected chi connectivity index (χ2v) is 10.5. The van der Waals surface area contributed by atoms with Gasteiger partial charge in [0, 0.05) is 4.88 Å². The number of benzene rings is 2. The van der Waals surface area contributed by atoms with E-state index in [0.29, 0.717) is 18.3 Å². The Bertz CT molecular complexity index is 1270. The lowest BCUT2D eigenvalue weighted by molar-refractivity contribution is -0.263. The molecule has 33 heavy (non-hydrogen) atoms. The molecule has 0 fully saturated rings. The first-order valence-corrected chi connectivity index (χ1v) is 11.5. The number of carbonyl (C=O) groups excluding carboxylic acids is 1. The summed E-state index contributed by atoms with van der Waals surface area (Å²) in [6.45, 7) is 0.441. The van der Waals surface area contributed by atoms with Gasteiger partial charge in [-0.25, -0.2) is 12.8 Å². The zero-order valence-corrected chi connectivity index (χ0v) is 18.4. The van der Waals surface area contributed by atoms with Crippen molar-refractivity contribution in [3.63, 3.8) is 0 Å². The zero-order valence-electron chi connectivity index (χ0n) is 16.8. The van der Waals surface area contributed by atoms with Crippen LogP contribution in [0.4, 0.5) is 17.6 Å². The van der Waals surface area contributed by atoms with Crippen LogP contribution >= 0.6 is 11.3 Å². The minimum absolute atomic E-state index is 0.283. The summed E-state index contributed by atoms with van der Waals surface area (Å²) < 4.78 is 79.3. The maximum absolute atomic E-state index is 13.6. The van der Waals surface area contributed by atoms with Crippen LogP contribution in [-0.4, -0.2) is 36.3 Å². The van der Waals surface area contributed by atoms with E-state index in [4.69, 9.17) is 0 Å². The molecule has 176 valence electrons. The number of phenolic OH excluding ortho intramolecular Hbond substituents is 1. The highest BCUT2D eigenvalue weighted by Crippen LogP contribution is 2.43. The number of sulfone groups is 1. The van der Waals surface area contributed by atoms with Crippen LogP contribution in [0.15, 0.2) is 69.8 Å². The van der Waals surface area contributed by atoms with Crippen molar-refractivity contribution in [2.45, 2.75) is 33.8 Å². The smallest absolute Gasteiger partial charge is 0.419 e. The number of amides is 1. The van der Waals surface area contributed by atoms with Crippen molar-refractivity contribution in [1.29, 1.82) is 0 Å². The molecule has 0 aliphatic rings. The zero-order chi connectivity index (χ0) is 24.6. The highest BCUT2D eigenvalue weighted by Gasteiger charge is 2.56. The number of alkyl halides is 3. The third kappa shape index (κ3) is 4.87. The van der Waals surface area contributed by atoms with Crippen molar-refractivity contribution < 1.29 is 41.0 Å². The molecule has 2 unspecified atom stereocenters. The fourth-order valence-electron chi connectivity index (χ4n) is 2.89. The van der Waals surface area contributed by atoms with E-state index in [-0.39, 0.29) is 19.5 Å². The Morgan fingerprint density at radius 2 is 1.64 bits per heavy atom. The van der Waals surface area contributed by atoms with E-state index < -0.39 is 45.1 Å². The molecule has 1 aromatic heterocycles. The maximum Gasteiger partial charge on any atom is 0.419 e. The molecule has 12 heteroatoms. The third-order valence-electron chi connectivity index (χ3n) is 4.84. The number of phenols is 1. The van der Waals surface area contributed by atoms with Crippen LogP contribution in [0.5, 0.6) is 5.75 Å². The maximum atomic E-state index is 13.6. The molecule has 3 aromatic rings. The van der Waals surface area contributed by atoms with Crippen LogP contribution in [0.25, 0.3) is 0 Å². The van der Waals surface area contributed by atoms with Crippen LogP contribution in [0.3, 0.4) is 0 Å². The number of thiophene rings is 1. The normalized spacial score (nSPS) is 15.0. The topological polar surface area (TPSA) is 104 Å². The molecule has 3 N–H and O–H groups in total. The Morgan fingerprint density at radius 3 is 2.21 bits per heavy atom. The molecule has 0 radical (unpaired) electrons. The van der Waals surface area contributed by atoms with E-state index in [1.807, 2.05) is 5.32 Å². The van der Waals surface area contributed by atoms with Gasteiger partial charge in [0.25, 0.3) is 5.91 Å². The van der Waals surface area contributed by atoms with Gasteiger partial charge in [0.05, 0.1) is 10.5 Å². The van der Waals surface area contributed by atoms with Gasteiger partial charge in [-0.2, -0.15) is 13.2 Å². The Kier molecular flexibility index (Phi) is 6.55. The lowest BCUT2D eigenvalue weighted by Gasteiger charge is -2.34. The van der Waals surface area contributed by atoms with Crippen LogP contribution in [0, 0.1) is 5.82 Å². The number of halogens is 4. The second-order valence-electron chi connectivity index (χ2n) is 7.18. The van der Waals surface area contributed by atoms with E-state index >= 15 is 0 Å². The van der Waals surface area contributed by atoms with Crippen molar-refractivity contribution in [2.75, 3.05) is 0 Å². The summed E-state index contributed by atoms with van der Waals surface area (Å²) in [7, 11) is -4.20. The van der Waals surface area contributed by atoms with Gasteiger partial charge < -0.3 is 15.5 Å². The van der Waals surface area contributed by atoms with Crippen LogP contribution in [-0.2, 0) is 9.84 Å². The number of aromatic hydroxyl groups is 1. The van der Waals surface area contributed by atoms with E-state index in [1.165, 1.54) is 18.2 Å². The van der Waals surface area contributed by atoms with Gasteiger partial charge in [-0.05, 0) is 55.5 Å². The molecular weight excluding hydrogens is 486 g/mol. The monoisotopic (exact) mass is 503 g/mol. The molecule has 2 aromatic carbocycles. The standard InChI is InChI=1S/C21H17F4NO5S2/c1-20(29,21(23,24)25)18(26-19(28)14-4-2-3-5-15(14)27)16-10-11-17(32-16)33(30,31)13-8-6-12(22)7-9-13/h2-11,18,27,29H,1H3,(H,26,28). The average molecular weight is 503 g/mol. The molecule has 0 spiro atoms. The highest BCUT2D eigenvalue weighted by molar-refractivity contribution is 7.93. The van der Waals surface area contributed by atoms with Crippen LogP contribution < -0.4 is 5.32 Å². The Hall–Kier alpha value is -2.96. The fourth-order valence-corrected chi connectivity index (χ4v) is 5.79. The van der Waals surface area contributed by atoms with Gasteiger partial charge in [0.2, 0.25) is 9.84 Å². The first-order valence-electron chi connectivity index (χ1n) is 9.23. The summed E-state index contributed by atoms with van der Waals surface area (Å²) in [5.74, 6) is -2.28. The van der Waals surface area contributed by atoms with Gasteiger partial charge in [0.15, 0.2) is 5.60 Å². The number of para-hydroxylation sites is 1. The van der Waals surface area contributed by atoms with E-state index in [1.54, 1.807) is 0 Å². The van der Waals surface area contributed by atoms with Crippen molar-refractivity contribution >= 4 is 27.1 Å². The number of rotatable bonds is 6. The summed E-state index contributed by atoms with van der Waals surface area (Å²) >= 11 is 0.412. The van der Waals surface area contributed by atoms with Gasteiger partial charge in [-0.15, -0.1) is 11.3 Å². The molecule has 1 amide bonds. The molecule has 0 saturated heterocycles. The number of hydrogen-bond acceptors (Lipinski definition) is 6. The average Bonchev–Trinajstić information content (AvgIpc) is 3.22. The quantitative estimate of drug-likeness (QED) is 0.345. The predicted octanol–water partition coefficient (Wildman–Crippen LogP) is 4.21. The molecule has 0 bridgehead atoms. The number of aliphatic hydroxyl groups is 1. The number of nitrogens with one attached hydrogen (secondary N) is 1. The first kappa shape index (κ1) is 24.7. The van der Waals surface area contributed by atoms with Crippen LogP contribution in [0.2, 0.25) is 0 Å². The lowest BCUT2D eigenvalue weighted by Crippen LogP contribution is -2.53. The molecule has 0 saturated carbocycles. The summed E-state index contributed by atoms with van der Waals surface area (Å²) in [6, 6.07) is 8.93. The van der Waals surface area contributed by atoms with Crippen molar-refractivity contribution in [1.82, 2.24) is 5.32 Å². The van der Waals surface area contributed by atoms with E-state index in [2.05, 4.69) is 0 Å². The van der Waals surface area contributed by atoms with Crippen LogP contribution in [0.1, 0.15) is 28.2 Å². The SMILES string of the molecule is CC(O)(C(NC(=O)c1ccccc1O)c1ccc(S(=O)(=O)c2ccc(F)cc2)s1)C(F)(F)F. The molecule has 2 atom stereocenters. The Balaban J connectivity index is 2.04. The Labute approximate surface area is 190 Å². The Morgan fingerprint density at radius 1 is 1.03 bits per heavy atom. The summed E-state index contributed by atoms with van der Waals surface area (Å²) in [4.78, 5) is 12.0. The molecule has 3 rings (SSSR count). The number of hydrogen-bond donors (Lipinski definition) is 3. The van der Waals surface area contributed by atoms with Crippen molar-refractivity contribution in [2.24, 2.45) is 0 Å². The molecular formula is C21H17F4NO5S2. The number of carbonyl (C=O) groups is 1. The van der Waals surface area contributed by atoms with E-state index in [9.17, 15) is 41.0 Å². The highest BCUT2D eigenvalue weighted by atomic mass is 32.2. The lowest BCUT2D eigenvalue weighted by atomic mass is 9.93. The van der Waals surface area contributed by atoms with Crippen molar-refractivity contribution in [3.05, 3.63) is 76.9 Å². The van der Waals surface area contributed by atoms with Gasteiger partial charge in [0.1, 0.15) is 21.8 Å². The molecule has 0 aliphatic carbocycles. The van der Waals surface area contributed by atoms with Crippen molar-refractivity contribution in [3.8, 4) is 5.75 Å². The van der Waals surface area contributed by atoms with Gasteiger partial charge in [-0.1, -0.05) is 12.1 Å². The summed E-state index contributed by atoms with van der Waals surface area (Å²) in [6.07, 6.45) is -5.20. The third-order valence-corrected chi connectivity index (χ3v) is 8.25. The minimum atomic E-state index is -5.20. The minimum Gasteiger partial charge on any atom is -0.507 e. The molecule has 6 nitrogen and oxygen atoms in total. The fraction of sp³-hybridized carbons (Fsp3) is 0.190. The summed E-state index contributed by atoms with van der Waals surface area (Å²) in [5, 5.41) is 22.2. The van der Waals surface area contributed by atoms with Gasteiger partial charge in [-0.3, -0.25) is 4.79 Å². The predicted molar refractivity (Wildman–Crippen MR) is 111 cm³/mol. The first-order chi connectivity index (χ1) is 15.2. The largest absolute Gasteiger partial charge is 0.507 e. The summed E-state index contributed by atoms with van der Waals surface area (Å²) in [5.41, 5.74) is -3.83. The van der Waals surface area contributed by atoms with E-state index in [0.717, 1.165) is 42.5 Å². The molecule has 1 heterocycles. The molecule has 0 aliphatic heterocycles. The second kappa shape index (κ2) is 8.76. The van der Waals surface area contributed by atoms with Gasteiger partial charge >= 0.3 is 6.18 Å².